The van der Waals surface area contributed by atoms with Crippen molar-refractivity contribution >= 4 is 35.0 Å². The minimum absolute atomic E-state index is 0.133. The molecule has 4 aromatic rings. The molecule has 0 bridgehead atoms. The van der Waals surface area contributed by atoms with Crippen LogP contribution in [0.1, 0.15) is 18.9 Å². The first-order chi connectivity index (χ1) is 16.5. The molecule has 0 saturated heterocycles. The van der Waals surface area contributed by atoms with Crippen LogP contribution in [0.2, 0.25) is 5.02 Å². The molecule has 0 aliphatic heterocycles. The molecule has 0 unspecified atom stereocenters. The van der Waals surface area contributed by atoms with Gasteiger partial charge >= 0.3 is 5.16 Å². The molecular weight excluding hydrogens is 470 g/mol. The Kier molecular flexibility index (Phi) is 7.61. The van der Waals surface area contributed by atoms with Crippen LogP contribution in [0.3, 0.4) is 0 Å². The van der Waals surface area contributed by atoms with E-state index in [-0.39, 0.29) is 17.4 Å². The van der Waals surface area contributed by atoms with Gasteiger partial charge in [0.25, 0.3) is 11.7 Å². The second kappa shape index (κ2) is 11.0. The predicted octanol–water partition coefficient (Wildman–Crippen LogP) is 4.74. The fourth-order valence-electron chi connectivity index (χ4n) is 3.31. The normalized spacial score (nSPS) is 11.4. The number of aromatic nitrogens is 3. The number of carbonyl (C=O) groups is 1. The van der Waals surface area contributed by atoms with Crippen molar-refractivity contribution in [3.8, 4) is 22.8 Å². The first kappa shape index (κ1) is 23.5. The van der Waals surface area contributed by atoms with Crippen LogP contribution in [0.4, 0.5) is 0 Å². The molecule has 1 aromatic heterocycles. The van der Waals surface area contributed by atoms with Crippen molar-refractivity contribution in [2.75, 3.05) is 5.75 Å². The van der Waals surface area contributed by atoms with Crippen LogP contribution in [-0.2, 0) is 4.79 Å². The Morgan fingerprint density at radius 3 is 2.47 bits per heavy atom. The lowest BCUT2D eigenvalue weighted by Gasteiger charge is -2.06. The smallest absolute Gasteiger partial charge is 0.342 e. The van der Waals surface area contributed by atoms with E-state index in [0.29, 0.717) is 16.6 Å². The van der Waals surface area contributed by atoms with E-state index in [4.69, 9.17) is 11.6 Å². The topological polar surface area (TPSA) is 94.2 Å². The monoisotopic (exact) mass is 492 g/mol. The van der Waals surface area contributed by atoms with Crippen molar-refractivity contribution in [2.45, 2.75) is 18.5 Å². The third kappa shape index (κ3) is 5.65. The molecule has 0 radical (unpaired) electrons. The zero-order chi connectivity index (χ0) is 23.9. The Morgan fingerprint density at radius 2 is 1.79 bits per heavy atom. The van der Waals surface area contributed by atoms with E-state index < -0.39 is 0 Å². The third-order valence-electron chi connectivity index (χ3n) is 4.99. The number of para-hydroxylation sites is 1. The number of nitrogens with one attached hydrogen (secondary N) is 2. The number of H-pyrrole nitrogens is 1. The number of hydrogen-bond acceptors (Lipinski definition) is 5. The van der Waals surface area contributed by atoms with Crippen molar-refractivity contribution in [1.29, 1.82) is 0 Å². The Labute approximate surface area is 206 Å². The van der Waals surface area contributed by atoms with Crippen LogP contribution in [0.15, 0.2) is 89.1 Å². The summed E-state index contributed by atoms with van der Waals surface area (Å²) in [7, 11) is 0. The summed E-state index contributed by atoms with van der Waals surface area (Å²) in [5.41, 5.74) is 6.03. The van der Waals surface area contributed by atoms with Gasteiger partial charge in [-0.1, -0.05) is 36.7 Å². The number of benzene rings is 3. The van der Waals surface area contributed by atoms with Crippen LogP contribution in [0, 0.1) is 0 Å². The van der Waals surface area contributed by atoms with Crippen LogP contribution in [0.25, 0.3) is 17.1 Å². The number of hydrazone groups is 1. The van der Waals surface area contributed by atoms with Crippen molar-refractivity contribution < 1.29 is 14.5 Å². The highest BCUT2D eigenvalue weighted by Gasteiger charge is 2.24. The van der Waals surface area contributed by atoms with E-state index in [2.05, 4.69) is 20.7 Å². The molecule has 0 aliphatic carbocycles. The molecule has 3 aromatic carbocycles. The molecule has 1 amide bonds. The van der Waals surface area contributed by atoms with Gasteiger partial charge in [-0.25, -0.2) is 5.43 Å². The maximum absolute atomic E-state index is 12.5. The Bertz CT molecular complexity index is 1290. The first-order valence-corrected chi connectivity index (χ1v) is 12.0. The second-order valence-electron chi connectivity index (χ2n) is 7.32. The average Bonchev–Trinajstić information content (AvgIpc) is 3.29. The lowest BCUT2D eigenvalue weighted by atomic mass is 10.1. The zero-order valence-corrected chi connectivity index (χ0v) is 20.0. The Hall–Kier alpha value is -3.62. The molecule has 3 N–H and O–H groups in total. The van der Waals surface area contributed by atoms with E-state index in [9.17, 15) is 9.90 Å². The van der Waals surface area contributed by atoms with E-state index in [1.165, 1.54) is 11.8 Å². The molecule has 4 rings (SSSR count). The molecule has 0 atom stereocenters. The molecule has 7 nitrogen and oxygen atoms in total. The maximum atomic E-state index is 12.5. The summed E-state index contributed by atoms with van der Waals surface area (Å²) in [5, 5.41) is 22.6. The van der Waals surface area contributed by atoms with Crippen molar-refractivity contribution in [3.63, 3.8) is 0 Å². The van der Waals surface area contributed by atoms with Gasteiger partial charge in [-0.3, -0.25) is 4.79 Å². The fourth-order valence-corrected chi connectivity index (χ4v) is 4.19. The van der Waals surface area contributed by atoms with Gasteiger partial charge in [0.1, 0.15) is 11.4 Å². The number of aromatic amines is 1. The predicted molar refractivity (Wildman–Crippen MR) is 134 cm³/mol. The highest BCUT2D eigenvalue weighted by atomic mass is 35.5. The number of phenols is 1. The molecule has 0 spiro atoms. The summed E-state index contributed by atoms with van der Waals surface area (Å²) < 4.78 is 1.97. The fraction of sp³-hybridized carbons (Fsp3) is 0.120. The SMILES string of the molecule is CC/C(=N\NC(=O)CSc1n[nH]c(-c2ccc(Cl)cc2)[n+]1-c1ccccc1)c1ccc(O)cc1. The van der Waals surface area contributed by atoms with E-state index in [0.717, 1.165) is 28.4 Å². The van der Waals surface area contributed by atoms with Crippen LogP contribution in [-0.4, -0.2) is 32.7 Å². The molecule has 0 fully saturated rings. The van der Waals surface area contributed by atoms with Crippen LogP contribution >= 0.6 is 23.4 Å². The molecular formula is C25H23ClN5O2S+. The summed E-state index contributed by atoms with van der Waals surface area (Å²) in [5.74, 6) is 0.853. The number of phenolic OH excluding ortho intramolecular Hbond substituents is 1. The number of carbonyl (C=O) groups excluding carboxylic acids is 1. The van der Waals surface area contributed by atoms with Crippen molar-refractivity contribution in [2.24, 2.45) is 5.10 Å². The van der Waals surface area contributed by atoms with Gasteiger partial charge in [-0.2, -0.15) is 9.67 Å². The van der Waals surface area contributed by atoms with E-state index in [1.807, 2.05) is 66.1 Å². The minimum atomic E-state index is -0.245. The summed E-state index contributed by atoms with van der Waals surface area (Å²) in [6.07, 6.45) is 0.635. The first-order valence-electron chi connectivity index (χ1n) is 10.6. The number of nitrogens with zero attached hydrogens (tertiary/aromatic N) is 3. The highest BCUT2D eigenvalue weighted by molar-refractivity contribution is 7.99. The van der Waals surface area contributed by atoms with E-state index in [1.54, 1.807) is 24.3 Å². The Morgan fingerprint density at radius 1 is 1.09 bits per heavy atom. The minimum Gasteiger partial charge on any atom is -0.508 e. The Balaban J connectivity index is 1.52. The van der Waals surface area contributed by atoms with Crippen molar-refractivity contribution in [3.05, 3.63) is 89.4 Å². The summed E-state index contributed by atoms with van der Waals surface area (Å²) >= 11 is 7.36. The van der Waals surface area contributed by atoms with Gasteiger partial charge in [0.15, 0.2) is 0 Å². The number of amides is 1. The maximum Gasteiger partial charge on any atom is 0.342 e. The molecule has 0 saturated carbocycles. The van der Waals surface area contributed by atoms with E-state index >= 15 is 0 Å². The van der Waals surface area contributed by atoms with Gasteiger partial charge in [-0.05, 0) is 84.4 Å². The quantitative estimate of drug-likeness (QED) is 0.143. The van der Waals surface area contributed by atoms with Gasteiger partial charge in [0.05, 0.1) is 22.1 Å². The number of hydrogen-bond donors (Lipinski definition) is 3. The molecule has 0 aliphatic rings. The highest BCUT2D eigenvalue weighted by Crippen LogP contribution is 2.22. The molecule has 1 heterocycles. The molecule has 9 heteroatoms. The zero-order valence-electron chi connectivity index (χ0n) is 18.4. The second-order valence-corrected chi connectivity index (χ2v) is 8.69. The summed E-state index contributed by atoms with van der Waals surface area (Å²) in [6.45, 7) is 1.96. The molecule has 34 heavy (non-hydrogen) atoms. The lowest BCUT2D eigenvalue weighted by molar-refractivity contribution is -0.625. The van der Waals surface area contributed by atoms with Crippen molar-refractivity contribution in [1.82, 2.24) is 15.6 Å². The van der Waals surface area contributed by atoms with Gasteiger partial charge < -0.3 is 5.11 Å². The number of aromatic hydroxyl groups is 1. The van der Waals surface area contributed by atoms with Crippen LogP contribution < -0.4 is 9.99 Å². The average molecular weight is 493 g/mol. The number of thioether (sulfide) groups is 1. The lowest BCUT2D eigenvalue weighted by Crippen LogP contribution is -2.34. The van der Waals surface area contributed by atoms with Gasteiger partial charge in [0.2, 0.25) is 0 Å². The number of halogens is 1. The van der Waals surface area contributed by atoms with Gasteiger partial charge in [0, 0.05) is 5.02 Å². The standard InChI is InChI=1S/C25H22ClN5O2S/c1-2-22(17-10-14-21(32)15-11-17)27-28-23(33)16-34-25-30-29-24(18-8-12-19(26)13-9-18)31(25)20-6-4-3-5-7-20/h3-15H,2,16H2,1H3,(H2,27,28,32,33)/p+1. The summed E-state index contributed by atoms with van der Waals surface area (Å²) in [4.78, 5) is 12.5. The number of rotatable bonds is 8. The van der Waals surface area contributed by atoms with Gasteiger partial charge in [-0.15, -0.1) is 5.10 Å². The largest absolute Gasteiger partial charge is 0.508 e. The third-order valence-corrected chi connectivity index (χ3v) is 6.18. The van der Waals surface area contributed by atoms with Crippen LogP contribution in [0.5, 0.6) is 5.75 Å². The summed E-state index contributed by atoms with van der Waals surface area (Å²) in [6, 6.07) is 24.0. The molecule has 172 valence electrons.